The highest BCUT2D eigenvalue weighted by atomic mass is 16.3. The summed E-state index contributed by atoms with van der Waals surface area (Å²) in [5.41, 5.74) is 0.0669. The van der Waals surface area contributed by atoms with Crippen LogP contribution in [0.3, 0.4) is 0 Å². The predicted molar refractivity (Wildman–Crippen MR) is 57.2 cm³/mol. The predicted octanol–water partition coefficient (Wildman–Crippen LogP) is 0.487. The Hall–Kier alpha value is -0.120. The van der Waals surface area contributed by atoms with E-state index < -0.39 is 0 Å². The lowest BCUT2D eigenvalue weighted by Gasteiger charge is -2.51. The Morgan fingerprint density at radius 2 is 2.21 bits per heavy atom. The van der Waals surface area contributed by atoms with Crippen LogP contribution < -0.4 is 10.6 Å². The summed E-state index contributed by atoms with van der Waals surface area (Å²) < 4.78 is 0. The van der Waals surface area contributed by atoms with Gasteiger partial charge in [0.25, 0.3) is 0 Å². The van der Waals surface area contributed by atoms with Crippen molar-refractivity contribution in [2.24, 2.45) is 5.41 Å². The van der Waals surface area contributed by atoms with Crippen LogP contribution in [0.2, 0.25) is 0 Å². The number of piperidine rings is 1. The van der Waals surface area contributed by atoms with Crippen molar-refractivity contribution in [2.75, 3.05) is 13.1 Å². The minimum atomic E-state index is -0.114. The summed E-state index contributed by atoms with van der Waals surface area (Å²) in [4.78, 5) is 0. The Morgan fingerprint density at radius 3 is 2.71 bits per heavy atom. The number of hydrogen-bond donors (Lipinski definition) is 3. The molecule has 1 aliphatic heterocycles. The van der Waals surface area contributed by atoms with Crippen LogP contribution in [0.25, 0.3) is 0 Å². The van der Waals surface area contributed by atoms with Crippen molar-refractivity contribution < 1.29 is 5.11 Å². The monoisotopic (exact) mass is 198 g/mol. The van der Waals surface area contributed by atoms with Gasteiger partial charge in [-0.25, -0.2) is 0 Å². The van der Waals surface area contributed by atoms with Crippen molar-refractivity contribution in [2.45, 2.75) is 51.3 Å². The van der Waals surface area contributed by atoms with Gasteiger partial charge < -0.3 is 15.7 Å². The fraction of sp³-hybridized carbons (Fsp3) is 1.00. The van der Waals surface area contributed by atoms with E-state index in [0.717, 1.165) is 19.5 Å². The number of hydrogen-bond acceptors (Lipinski definition) is 3. The first-order valence-corrected chi connectivity index (χ1v) is 5.75. The van der Waals surface area contributed by atoms with E-state index in [2.05, 4.69) is 24.5 Å². The molecule has 2 rings (SSSR count). The maximum absolute atomic E-state index is 9.62. The maximum atomic E-state index is 9.62. The van der Waals surface area contributed by atoms with Crippen LogP contribution in [0.4, 0.5) is 0 Å². The van der Waals surface area contributed by atoms with E-state index in [0.29, 0.717) is 12.1 Å². The molecule has 3 nitrogen and oxygen atoms in total. The molecular weight excluding hydrogens is 176 g/mol. The lowest BCUT2D eigenvalue weighted by atomic mass is 9.64. The number of nitrogens with one attached hydrogen (secondary N) is 2. The van der Waals surface area contributed by atoms with Gasteiger partial charge in [-0.05, 0) is 25.8 Å². The molecule has 0 aromatic rings. The molecular formula is C11H22N2O. The lowest BCUT2D eigenvalue weighted by molar-refractivity contribution is -0.0765. The quantitative estimate of drug-likeness (QED) is 0.605. The molecule has 3 N–H and O–H groups in total. The Balaban J connectivity index is 1.80. The van der Waals surface area contributed by atoms with E-state index >= 15 is 0 Å². The summed E-state index contributed by atoms with van der Waals surface area (Å²) in [6.45, 7) is 6.54. The Labute approximate surface area is 86.3 Å². The third-order valence-electron chi connectivity index (χ3n) is 3.95. The third kappa shape index (κ3) is 1.81. The van der Waals surface area contributed by atoms with Gasteiger partial charge in [0, 0.05) is 24.0 Å². The largest absolute Gasteiger partial charge is 0.392 e. The van der Waals surface area contributed by atoms with Crippen molar-refractivity contribution in [3.05, 3.63) is 0 Å². The second-order valence-electron chi connectivity index (χ2n) is 5.34. The number of aliphatic hydroxyl groups excluding tert-OH is 1. The van der Waals surface area contributed by atoms with Crippen LogP contribution >= 0.6 is 0 Å². The Kier molecular flexibility index (Phi) is 2.82. The summed E-state index contributed by atoms with van der Waals surface area (Å²) in [5.74, 6) is 0. The van der Waals surface area contributed by atoms with Gasteiger partial charge in [-0.3, -0.25) is 0 Å². The molecule has 1 heterocycles. The molecule has 1 saturated carbocycles. The maximum Gasteiger partial charge on any atom is 0.0621 e. The van der Waals surface area contributed by atoms with E-state index in [4.69, 9.17) is 0 Å². The van der Waals surface area contributed by atoms with E-state index in [9.17, 15) is 5.11 Å². The molecule has 82 valence electrons. The van der Waals surface area contributed by atoms with Crippen LogP contribution in [0.15, 0.2) is 0 Å². The van der Waals surface area contributed by atoms with Crippen LogP contribution in [0.5, 0.6) is 0 Å². The standard InChI is InChI=1S/C11H22N2O/c1-11(2)9(6-10(11)14)13-8-4-3-5-12-7-8/h8-10,12-14H,3-7H2,1-2H3. The van der Waals surface area contributed by atoms with E-state index in [1.807, 2.05) is 0 Å². The number of aliphatic hydroxyl groups is 1. The lowest BCUT2D eigenvalue weighted by Crippen LogP contribution is -2.63. The van der Waals surface area contributed by atoms with Crippen LogP contribution in [0, 0.1) is 5.41 Å². The SMILES string of the molecule is CC1(C)C(O)CC1NC1CCCNC1. The molecule has 0 aromatic carbocycles. The molecule has 0 bridgehead atoms. The fourth-order valence-electron chi connectivity index (χ4n) is 2.46. The van der Waals surface area contributed by atoms with E-state index in [1.54, 1.807) is 0 Å². The molecule has 1 aliphatic carbocycles. The molecule has 14 heavy (non-hydrogen) atoms. The summed E-state index contributed by atoms with van der Waals surface area (Å²) in [7, 11) is 0. The van der Waals surface area contributed by atoms with E-state index in [1.165, 1.54) is 12.8 Å². The van der Waals surface area contributed by atoms with Crippen molar-refractivity contribution in [1.82, 2.24) is 10.6 Å². The van der Waals surface area contributed by atoms with Gasteiger partial charge in [0.05, 0.1) is 6.10 Å². The molecule has 3 atom stereocenters. The normalized spacial score (nSPS) is 41.8. The summed E-state index contributed by atoms with van der Waals surface area (Å²) >= 11 is 0. The second kappa shape index (κ2) is 3.80. The fourth-order valence-corrected chi connectivity index (χ4v) is 2.46. The van der Waals surface area contributed by atoms with Crippen molar-refractivity contribution in [3.63, 3.8) is 0 Å². The molecule has 0 amide bonds. The zero-order valence-electron chi connectivity index (χ0n) is 9.21. The third-order valence-corrected chi connectivity index (χ3v) is 3.95. The van der Waals surface area contributed by atoms with Crippen LogP contribution in [-0.4, -0.2) is 36.4 Å². The van der Waals surface area contributed by atoms with Gasteiger partial charge in [-0.2, -0.15) is 0 Å². The Bertz CT molecular complexity index is 199. The first-order chi connectivity index (χ1) is 6.60. The van der Waals surface area contributed by atoms with Gasteiger partial charge in [0.15, 0.2) is 0 Å². The van der Waals surface area contributed by atoms with Gasteiger partial charge >= 0.3 is 0 Å². The zero-order valence-corrected chi connectivity index (χ0v) is 9.21. The van der Waals surface area contributed by atoms with Crippen molar-refractivity contribution >= 4 is 0 Å². The summed E-state index contributed by atoms with van der Waals surface area (Å²) in [6, 6.07) is 1.11. The Morgan fingerprint density at radius 1 is 1.43 bits per heavy atom. The van der Waals surface area contributed by atoms with Crippen molar-refractivity contribution in [3.8, 4) is 0 Å². The minimum absolute atomic E-state index is 0.0669. The molecule has 0 spiro atoms. The summed E-state index contributed by atoms with van der Waals surface area (Å²) in [5, 5.41) is 16.7. The molecule has 3 heteroatoms. The van der Waals surface area contributed by atoms with Gasteiger partial charge in [-0.15, -0.1) is 0 Å². The zero-order chi connectivity index (χ0) is 10.2. The van der Waals surface area contributed by atoms with Crippen LogP contribution in [-0.2, 0) is 0 Å². The minimum Gasteiger partial charge on any atom is -0.392 e. The van der Waals surface area contributed by atoms with Gasteiger partial charge in [-0.1, -0.05) is 13.8 Å². The molecule has 2 aliphatic rings. The number of rotatable bonds is 2. The van der Waals surface area contributed by atoms with Gasteiger partial charge in [0.1, 0.15) is 0 Å². The smallest absolute Gasteiger partial charge is 0.0621 e. The van der Waals surface area contributed by atoms with E-state index in [-0.39, 0.29) is 11.5 Å². The highest BCUT2D eigenvalue weighted by Crippen LogP contribution is 2.40. The molecule has 3 unspecified atom stereocenters. The highest BCUT2D eigenvalue weighted by molar-refractivity contribution is 5.03. The average Bonchev–Trinajstić information content (AvgIpc) is 2.19. The summed E-state index contributed by atoms with van der Waals surface area (Å²) in [6.07, 6.45) is 3.35. The van der Waals surface area contributed by atoms with Crippen molar-refractivity contribution in [1.29, 1.82) is 0 Å². The average molecular weight is 198 g/mol. The topological polar surface area (TPSA) is 44.3 Å². The molecule has 1 saturated heterocycles. The first-order valence-electron chi connectivity index (χ1n) is 5.75. The molecule has 2 fully saturated rings. The molecule has 0 radical (unpaired) electrons. The first kappa shape index (κ1) is 10.4. The molecule has 0 aromatic heterocycles. The highest BCUT2D eigenvalue weighted by Gasteiger charge is 2.47. The van der Waals surface area contributed by atoms with Crippen LogP contribution in [0.1, 0.15) is 33.1 Å². The second-order valence-corrected chi connectivity index (χ2v) is 5.34. The van der Waals surface area contributed by atoms with Gasteiger partial charge in [0.2, 0.25) is 0 Å².